The summed E-state index contributed by atoms with van der Waals surface area (Å²) in [5.74, 6) is 0.919. The molecule has 9 heteroatoms. The second kappa shape index (κ2) is 6.51. The lowest BCUT2D eigenvalue weighted by Gasteiger charge is -2.34. The van der Waals surface area contributed by atoms with Gasteiger partial charge in [0, 0.05) is 26.2 Å². The summed E-state index contributed by atoms with van der Waals surface area (Å²) in [5, 5.41) is 0. The molecule has 1 fully saturated rings. The minimum Gasteiger partial charge on any atom is -0.466 e. The Hall–Kier alpha value is -2.19. The molecule has 1 aliphatic rings. The molecule has 0 atom stereocenters. The number of carbonyl (C=O) groups excluding carboxylic acids is 2. The molecule has 2 rings (SSSR count). The third-order valence-electron chi connectivity index (χ3n) is 3.46. The molecule has 1 aromatic rings. The number of hydrogen-bond acceptors (Lipinski definition) is 4. The number of aryl methyl sites for hydroxylation is 2. The Morgan fingerprint density at radius 1 is 1.17 bits per heavy atom. The number of alkyl halides is 3. The molecule has 128 valence electrons. The van der Waals surface area contributed by atoms with Gasteiger partial charge in [0.2, 0.25) is 0 Å². The van der Waals surface area contributed by atoms with E-state index in [1.165, 1.54) is 4.90 Å². The lowest BCUT2D eigenvalue weighted by atomic mass is 10.2. The van der Waals surface area contributed by atoms with Crippen molar-refractivity contribution < 1.29 is 31.9 Å². The van der Waals surface area contributed by atoms with E-state index in [0.29, 0.717) is 17.1 Å². The fraction of sp³-hybridized carbons (Fsp3) is 0.571. The molecule has 0 bridgehead atoms. The van der Waals surface area contributed by atoms with Crippen LogP contribution in [-0.4, -0.2) is 60.8 Å². The fourth-order valence-electron chi connectivity index (χ4n) is 2.34. The van der Waals surface area contributed by atoms with Gasteiger partial charge in [0.1, 0.15) is 11.5 Å². The highest BCUT2D eigenvalue weighted by atomic mass is 19.4. The third-order valence-corrected chi connectivity index (χ3v) is 3.46. The summed E-state index contributed by atoms with van der Waals surface area (Å²) in [6, 6.07) is 1.64. The van der Waals surface area contributed by atoms with Gasteiger partial charge in [-0.25, -0.2) is 4.79 Å². The zero-order valence-corrected chi connectivity index (χ0v) is 12.8. The van der Waals surface area contributed by atoms with Crippen LogP contribution in [0.25, 0.3) is 0 Å². The van der Waals surface area contributed by atoms with Gasteiger partial charge < -0.3 is 19.0 Å². The van der Waals surface area contributed by atoms with Crippen LogP contribution in [0.2, 0.25) is 0 Å². The highest BCUT2D eigenvalue weighted by Crippen LogP contribution is 2.18. The summed E-state index contributed by atoms with van der Waals surface area (Å²) in [4.78, 5) is 26.6. The second-order valence-corrected chi connectivity index (χ2v) is 5.28. The number of hydrogen-bond donors (Lipinski definition) is 0. The van der Waals surface area contributed by atoms with Gasteiger partial charge in [-0.3, -0.25) is 4.79 Å². The van der Waals surface area contributed by atoms with E-state index >= 15 is 0 Å². The Morgan fingerprint density at radius 3 is 2.22 bits per heavy atom. The first-order chi connectivity index (χ1) is 10.7. The Bertz CT molecular complexity index is 589. The van der Waals surface area contributed by atoms with Crippen LogP contribution in [-0.2, 0) is 4.74 Å². The lowest BCUT2D eigenvalue weighted by molar-refractivity contribution is -0.162. The summed E-state index contributed by atoms with van der Waals surface area (Å²) in [6.45, 7) is 2.51. The van der Waals surface area contributed by atoms with Crippen molar-refractivity contribution in [1.29, 1.82) is 0 Å². The molecule has 0 radical (unpaired) electrons. The summed E-state index contributed by atoms with van der Waals surface area (Å²) >= 11 is 0. The van der Waals surface area contributed by atoms with Gasteiger partial charge in [0.25, 0.3) is 5.91 Å². The number of furan rings is 1. The lowest BCUT2D eigenvalue weighted by Crippen LogP contribution is -2.51. The monoisotopic (exact) mass is 334 g/mol. The molecule has 0 N–H and O–H groups in total. The van der Waals surface area contributed by atoms with E-state index in [9.17, 15) is 22.8 Å². The van der Waals surface area contributed by atoms with Crippen molar-refractivity contribution in [2.75, 3.05) is 32.8 Å². The summed E-state index contributed by atoms with van der Waals surface area (Å²) in [7, 11) is 0. The molecule has 0 unspecified atom stereocenters. The Kier molecular flexibility index (Phi) is 4.86. The summed E-state index contributed by atoms with van der Waals surface area (Å²) < 4.78 is 45.6. The standard InChI is InChI=1S/C14H17F3N2O4/c1-9-7-11(10(2)23-9)12(20)18-3-5-19(6-4-18)13(21)22-8-14(15,16)17/h7H,3-6,8H2,1-2H3. The molecule has 2 amide bonds. The molecule has 0 saturated carbocycles. The summed E-state index contributed by atoms with van der Waals surface area (Å²) in [6.07, 6.45) is -5.57. The maximum absolute atomic E-state index is 12.4. The number of ether oxygens (including phenoxy) is 1. The number of halogens is 3. The van der Waals surface area contributed by atoms with E-state index in [1.807, 2.05) is 0 Å². The van der Waals surface area contributed by atoms with Gasteiger partial charge in [0.05, 0.1) is 5.56 Å². The maximum Gasteiger partial charge on any atom is 0.422 e. The van der Waals surface area contributed by atoms with Gasteiger partial charge in [-0.1, -0.05) is 0 Å². The number of amides is 2. The molecular weight excluding hydrogens is 317 g/mol. The number of piperazine rings is 1. The normalized spacial score (nSPS) is 15.7. The van der Waals surface area contributed by atoms with Crippen LogP contribution < -0.4 is 0 Å². The SMILES string of the molecule is Cc1cc(C(=O)N2CCN(C(=O)OCC(F)(F)F)CC2)c(C)o1. The van der Waals surface area contributed by atoms with Crippen molar-refractivity contribution in [1.82, 2.24) is 9.80 Å². The van der Waals surface area contributed by atoms with E-state index in [1.54, 1.807) is 19.9 Å². The van der Waals surface area contributed by atoms with Crippen molar-refractivity contribution in [3.05, 3.63) is 23.2 Å². The van der Waals surface area contributed by atoms with E-state index in [-0.39, 0.29) is 32.1 Å². The van der Waals surface area contributed by atoms with Crippen molar-refractivity contribution >= 4 is 12.0 Å². The van der Waals surface area contributed by atoms with Crippen molar-refractivity contribution in [2.45, 2.75) is 20.0 Å². The molecule has 2 heterocycles. The van der Waals surface area contributed by atoms with Gasteiger partial charge >= 0.3 is 12.3 Å². The van der Waals surface area contributed by atoms with Gasteiger partial charge in [-0.2, -0.15) is 13.2 Å². The van der Waals surface area contributed by atoms with Crippen molar-refractivity contribution in [3.8, 4) is 0 Å². The maximum atomic E-state index is 12.4. The quantitative estimate of drug-likeness (QED) is 0.833. The predicted octanol–water partition coefficient (Wildman–Crippen LogP) is 2.35. The van der Waals surface area contributed by atoms with E-state index in [2.05, 4.69) is 4.74 Å². The molecule has 6 nitrogen and oxygen atoms in total. The first-order valence-electron chi connectivity index (χ1n) is 7.02. The molecule has 0 aliphatic carbocycles. The highest BCUT2D eigenvalue weighted by molar-refractivity contribution is 5.95. The second-order valence-electron chi connectivity index (χ2n) is 5.28. The average molecular weight is 334 g/mol. The number of nitrogens with zero attached hydrogens (tertiary/aromatic N) is 2. The van der Waals surface area contributed by atoms with Crippen LogP contribution >= 0.6 is 0 Å². The Balaban J connectivity index is 1.87. The first kappa shape index (κ1) is 17.2. The largest absolute Gasteiger partial charge is 0.466 e. The van der Waals surface area contributed by atoms with Gasteiger partial charge in [-0.05, 0) is 19.9 Å². The zero-order chi connectivity index (χ0) is 17.2. The molecule has 0 spiro atoms. The minimum atomic E-state index is -4.55. The molecular formula is C14H17F3N2O4. The molecule has 1 aromatic heterocycles. The number of carbonyl (C=O) groups is 2. The molecule has 23 heavy (non-hydrogen) atoms. The van der Waals surface area contributed by atoms with Crippen molar-refractivity contribution in [3.63, 3.8) is 0 Å². The summed E-state index contributed by atoms with van der Waals surface area (Å²) in [5.41, 5.74) is 0.454. The molecule has 1 aliphatic heterocycles. The van der Waals surface area contributed by atoms with Crippen LogP contribution in [0.3, 0.4) is 0 Å². The van der Waals surface area contributed by atoms with Crippen LogP contribution in [0.1, 0.15) is 21.9 Å². The van der Waals surface area contributed by atoms with E-state index in [4.69, 9.17) is 4.42 Å². The van der Waals surface area contributed by atoms with Gasteiger partial charge in [-0.15, -0.1) is 0 Å². The first-order valence-corrected chi connectivity index (χ1v) is 7.02. The molecule has 1 saturated heterocycles. The fourth-order valence-corrected chi connectivity index (χ4v) is 2.34. The van der Waals surface area contributed by atoms with Gasteiger partial charge in [0.15, 0.2) is 6.61 Å². The Morgan fingerprint density at radius 2 is 1.74 bits per heavy atom. The van der Waals surface area contributed by atoms with E-state index < -0.39 is 18.9 Å². The molecule has 0 aromatic carbocycles. The van der Waals surface area contributed by atoms with Crippen LogP contribution in [0.15, 0.2) is 10.5 Å². The smallest absolute Gasteiger partial charge is 0.422 e. The van der Waals surface area contributed by atoms with Crippen LogP contribution in [0.5, 0.6) is 0 Å². The van der Waals surface area contributed by atoms with Crippen LogP contribution in [0.4, 0.5) is 18.0 Å². The highest BCUT2D eigenvalue weighted by Gasteiger charge is 2.32. The van der Waals surface area contributed by atoms with Crippen molar-refractivity contribution in [2.24, 2.45) is 0 Å². The minimum absolute atomic E-state index is 0.123. The Labute approximate surface area is 130 Å². The average Bonchev–Trinajstić information content (AvgIpc) is 2.82. The van der Waals surface area contributed by atoms with Crippen LogP contribution in [0, 0.1) is 13.8 Å². The third kappa shape index (κ3) is 4.40. The predicted molar refractivity (Wildman–Crippen MR) is 73.1 cm³/mol. The van der Waals surface area contributed by atoms with E-state index in [0.717, 1.165) is 4.90 Å². The number of rotatable bonds is 2. The topological polar surface area (TPSA) is 63.0 Å². The zero-order valence-electron chi connectivity index (χ0n) is 12.8.